The molecule has 1 aromatic carbocycles. The van der Waals surface area contributed by atoms with Gasteiger partial charge in [0.1, 0.15) is 5.75 Å². The fourth-order valence-corrected chi connectivity index (χ4v) is 2.41. The van der Waals surface area contributed by atoms with Crippen molar-refractivity contribution >= 4 is 34.5 Å². The molecule has 0 aliphatic carbocycles. The molecule has 2 aromatic rings. The van der Waals surface area contributed by atoms with Gasteiger partial charge in [0, 0.05) is 11.5 Å². The number of benzene rings is 1. The van der Waals surface area contributed by atoms with Crippen LogP contribution >= 0.6 is 23.3 Å². The second-order valence-corrected chi connectivity index (χ2v) is 5.13. The van der Waals surface area contributed by atoms with E-state index in [0.717, 1.165) is 17.3 Å². The third-order valence-corrected chi connectivity index (χ3v) is 3.32. The zero-order valence-corrected chi connectivity index (χ0v) is 11.3. The minimum Gasteiger partial charge on any atom is -0.410 e. The Kier molecular flexibility index (Phi) is 4.54. The zero-order valence-electron chi connectivity index (χ0n) is 9.62. The number of amides is 1. The number of carbonyl (C=O) groups is 1. The first kappa shape index (κ1) is 12.8. The van der Waals surface area contributed by atoms with Crippen LogP contribution in [0.15, 0.2) is 35.5 Å². The van der Waals surface area contributed by atoms with Crippen LogP contribution in [-0.2, 0) is 0 Å². The number of carbonyl (C=O) groups excluding carboxylic acids is 1. The Hall–Kier alpha value is -1.60. The predicted molar refractivity (Wildman–Crippen MR) is 72.4 cm³/mol. The monoisotopic (exact) mass is 281 g/mol. The molecule has 0 saturated carbocycles. The van der Waals surface area contributed by atoms with Crippen molar-refractivity contribution in [1.82, 2.24) is 9.36 Å². The number of aromatic nitrogens is 2. The Balaban J connectivity index is 1.90. The van der Waals surface area contributed by atoms with Gasteiger partial charge in [0.25, 0.3) is 0 Å². The Bertz CT molecular complexity index is 516. The Morgan fingerprint density at radius 3 is 2.94 bits per heavy atom. The second kappa shape index (κ2) is 6.36. The lowest BCUT2D eigenvalue weighted by molar-refractivity contribution is 0.215. The summed E-state index contributed by atoms with van der Waals surface area (Å²) in [5, 5.41) is 3.64. The molecule has 0 spiro atoms. The Morgan fingerprint density at radius 1 is 1.44 bits per heavy atom. The van der Waals surface area contributed by atoms with Gasteiger partial charge in [-0.05, 0) is 17.9 Å². The summed E-state index contributed by atoms with van der Waals surface area (Å²) in [6, 6.07) is 8.85. The number of anilines is 1. The molecule has 7 heteroatoms. The lowest BCUT2D eigenvalue weighted by Gasteiger charge is -2.02. The van der Waals surface area contributed by atoms with Crippen molar-refractivity contribution in [1.29, 1.82) is 0 Å². The van der Waals surface area contributed by atoms with E-state index in [-0.39, 0.29) is 0 Å². The molecular formula is C11H11N3O2S2. The number of thioether (sulfide) groups is 1. The number of rotatable bonds is 4. The summed E-state index contributed by atoms with van der Waals surface area (Å²) < 4.78 is 9.16. The molecule has 0 atom stereocenters. The van der Waals surface area contributed by atoms with Gasteiger partial charge < -0.3 is 4.74 Å². The van der Waals surface area contributed by atoms with E-state index in [2.05, 4.69) is 14.7 Å². The highest BCUT2D eigenvalue weighted by molar-refractivity contribution is 7.99. The van der Waals surface area contributed by atoms with Gasteiger partial charge in [-0.25, -0.2) is 4.79 Å². The molecule has 1 N–H and O–H groups in total. The fourth-order valence-electron chi connectivity index (χ4n) is 1.16. The van der Waals surface area contributed by atoms with Crippen LogP contribution in [0.25, 0.3) is 0 Å². The van der Waals surface area contributed by atoms with E-state index in [1.807, 2.05) is 13.0 Å². The van der Waals surface area contributed by atoms with E-state index in [0.29, 0.717) is 16.0 Å². The van der Waals surface area contributed by atoms with Crippen molar-refractivity contribution in [2.45, 2.75) is 12.1 Å². The van der Waals surface area contributed by atoms with Crippen LogP contribution < -0.4 is 10.1 Å². The van der Waals surface area contributed by atoms with Crippen LogP contribution in [-0.4, -0.2) is 21.2 Å². The maximum atomic E-state index is 11.5. The van der Waals surface area contributed by atoms with E-state index in [1.54, 1.807) is 24.3 Å². The molecule has 2 rings (SSSR count). The smallest absolute Gasteiger partial charge is 0.410 e. The topological polar surface area (TPSA) is 64.1 Å². The van der Waals surface area contributed by atoms with Crippen molar-refractivity contribution in [3.63, 3.8) is 0 Å². The molecule has 5 nitrogen and oxygen atoms in total. The lowest BCUT2D eigenvalue weighted by atomic mass is 10.3. The normalized spacial score (nSPS) is 10.1. The SMILES string of the molecule is CCSc1nsc(NC(=O)Oc2ccccc2)n1. The Morgan fingerprint density at radius 2 is 2.22 bits per heavy atom. The zero-order chi connectivity index (χ0) is 12.8. The van der Waals surface area contributed by atoms with Crippen LogP contribution in [0.3, 0.4) is 0 Å². The van der Waals surface area contributed by atoms with Crippen LogP contribution in [0.1, 0.15) is 6.92 Å². The van der Waals surface area contributed by atoms with Crippen LogP contribution in [0.4, 0.5) is 9.93 Å². The maximum Gasteiger partial charge on any atom is 0.418 e. The van der Waals surface area contributed by atoms with Gasteiger partial charge in [-0.15, -0.1) is 0 Å². The van der Waals surface area contributed by atoms with Crippen LogP contribution in [0.5, 0.6) is 5.75 Å². The molecule has 18 heavy (non-hydrogen) atoms. The molecule has 1 aromatic heterocycles. The third kappa shape index (κ3) is 3.71. The molecule has 0 aliphatic heterocycles. The van der Waals surface area contributed by atoms with Gasteiger partial charge in [0.05, 0.1) is 0 Å². The summed E-state index contributed by atoms with van der Waals surface area (Å²) >= 11 is 2.66. The molecule has 0 saturated heterocycles. The number of nitrogens with one attached hydrogen (secondary N) is 1. The minimum absolute atomic E-state index is 0.437. The molecular weight excluding hydrogens is 270 g/mol. The molecule has 0 unspecified atom stereocenters. The average Bonchev–Trinajstić information content (AvgIpc) is 2.78. The average molecular weight is 281 g/mol. The van der Waals surface area contributed by atoms with Crippen molar-refractivity contribution in [2.24, 2.45) is 0 Å². The maximum absolute atomic E-state index is 11.5. The summed E-state index contributed by atoms with van der Waals surface area (Å²) in [5.74, 6) is 1.38. The highest BCUT2D eigenvalue weighted by atomic mass is 32.2. The van der Waals surface area contributed by atoms with Gasteiger partial charge >= 0.3 is 6.09 Å². The molecule has 0 aliphatic rings. The van der Waals surface area contributed by atoms with E-state index in [1.165, 1.54) is 11.8 Å². The van der Waals surface area contributed by atoms with Gasteiger partial charge in [0.15, 0.2) is 0 Å². The first-order valence-electron chi connectivity index (χ1n) is 5.28. The standard InChI is InChI=1S/C11H11N3O2S2/c1-2-17-10-12-9(18-14-10)13-11(15)16-8-6-4-3-5-7-8/h3-7H,2H2,1H3,(H,12,13,14,15). The van der Waals surface area contributed by atoms with Crippen molar-refractivity contribution in [2.75, 3.05) is 11.1 Å². The number of nitrogens with zero attached hydrogens (tertiary/aromatic N) is 2. The van der Waals surface area contributed by atoms with E-state index in [4.69, 9.17) is 4.74 Å². The molecule has 1 amide bonds. The van der Waals surface area contributed by atoms with Crippen LogP contribution in [0.2, 0.25) is 0 Å². The number of hydrogen-bond acceptors (Lipinski definition) is 6. The fraction of sp³-hybridized carbons (Fsp3) is 0.182. The van der Waals surface area contributed by atoms with Gasteiger partial charge in [-0.1, -0.05) is 36.9 Å². The van der Waals surface area contributed by atoms with E-state index < -0.39 is 6.09 Å². The van der Waals surface area contributed by atoms with Crippen molar-refractivity contribution in [3.8, 4) is 5.75 Å². The van der Waals surface area contributed by atoms with Gasteiger partial charge in [0.2, 0.25) is 10.3 Å². The highest BCUT2D eigenvalue weighted by Gasteiger charge is 2.09. The van der Waals surface area contributed by atoms with Gasteiger partial charge in [-0.2, -0.15) is 9.36 Å². The minimum atomic E-state index is -0.564. The summed E-state index contributed by atoms with van der Waals surface area (Å²) in [6.45, 7) is 2.02. The predicted octanol–water partition coefficient (Wildman–Crippen LogP) is 3.26. The summed E-state index contributed by atoms with van der Waals surface area (Å²) in [5.41, 5.74) is 0. The third-order valence-electron chi connectivity index (χ3n) is 1.84. The highest BCUT2D eigenvalue weighted by Crippen LogP contribution is 2.20. The largest absolute Gasteiger partial charge is 0.418 e. The van der Waals surface area contributed by atoms with Crippen molar-refractivity contribution in [3.05, 3.63) is 30.3 Å². The first-order chi connectivity index (χ1) is 8.78. The van der Waals surface area contributed by atoms with Crippen LogP contribution in [0, 0.1) is 0 Å². The molecule has 0 bridgehead atoms. The molecule has 0 radical (unpaired) electrons. The molecule has 94 valence electrons. The number of hydrogen-bond donors (Lipinski definition) is 1. The second-order valence-electron chi connectivity index (χ2n) is 3.14. The van der Waals surface area contributed by atoms with Crippen molar-refractivity contribution < 1.29 is 9.53 Å². The molecule has 0 fully saturated rings. The number of para-hydroxylation sites is 1. The summed E-state index contributed by atoms with van der Waals surface area (Å²) in [6.07, 6.45) is -0.564. The summed E-state index contributed by atoms with van der Waals surface area (Å²) in [4.78, 5) is 15.7. The van der Waals surface area contributed by atoms with Gasteiger partial charge in [-0.3, -0.25) is 5.32 Å². The molecule has 1 heterocycles. The lowest BCUT2D eigenvalue weighted by Crippen LogP contribution is -2.16. The Labute approximate surface area is 113 Å². The quantitative estimate of drug-likeness (QED) is 0.871. The summed E-state index contributed by atoms with van der Waals surface area (Å²) in [7, 11) is 0. The van der Waals surface area contributed by atoms with E-state index >= 15 is 0 Å². The number of ether oxygens (including phenoxy) is 1. The van der Waals surface area contributed by atoms with E-state index in [9.17, 15) is 4.79 Å². The first-order valence-corrected chi connectivity index (χ1v) is 7.04.